The van der Waals surface area contributed by atoms with Crippen molar-refractivity contribution < 1.29 is 4.74 Å². The van der Waals surface area contributed by atoms with Crippen molar-refractivity contribution in [2.24, 2.45) is 5.73 Å². The van der Waals surface area contributed by atoms with Crippen LogP contribution in [0.4, 0.5) is 0 Å². The summed E-state index contributed by atoms with van der Waals surface area (Å²) < 4.78 is 5.97. The number of aryl methyl sites for hydroxylation is 1. The molecule has 1 aromatic rings. The van der Waals surface area contributed by atoms with E-state index >= 15 is 0 Å². The van der Waals surface area contributed by atoms with E-state index in [2.05, 4.69) is 46.8 Å². The van der Waals surface area contributed by atoms with Gasteiger partial charge in [0, 0.05) is 11.6 Å². The van der Waals surface area contributed by atoms with Gasteiger partial charge in [0.25, 0.3) is 0 Å². The first-order valence-corrected chi connectivity index (χ1v) is 7.28. The van der Waals surface area contributed by atoms with Crippen LogP contribution in [-0.4, -0.2) is 12.6 Å². The molecule has 0 heterocycles. The molecule has 0 bridgehead atoms. The zero-order valence-corrected chi connectivity index (χ0v) is 13.3. The van der Waals surface area contributed by atoms with Gasteiger partial charge in [-0.25, -0.2) is 0 Å². The molecule has 2 heteroatoms. The fraction of sp³-hybridized carbons (Fsp3) is 0.647. The summed E-state index contributed by atoms with van der Waals surface area (Å²) in [7, 11) is 0. The van der Waals surface area contributed by atoms with Crippen LogP contribution < -0.4 is 10.5 Å². The van der Waals surface area contributed by atoms with Crippen molar-refractivity contribution in [3.05, 3.63) is 28.8 Å². The van der Waals surface area contributed by atoms with E-state index < -0.39 is 0 Å². The third kappa shape index (κ3) is 4.54. The molecule has 0 saturated carbocycles. The van der Waals surface area contributed by atoms with E-state index in [-0.39, 0.29) is 11.5 Å². The Balaban J connectivity index is 3.22. The van der Waals surface area contributed by atoms with Crippen molar-refractivity contribution in [3.63, 3.8) is 0 Å². The van der Waals surface area contributed by atoms with E-state index in [1.807, 2.05) is 6.92 Å². The Bertz CT molecular complexity index is 416. The Hall–Kier alpha value is -1.02. The van der Waals surface area contributed by atoms with E-state index in [9.17, 15) is 0 Å². The highest BCUT2D eigenvalue weighted by molar-refractivity contribution is 5.47. The summed E-state index contributed by atoms with van der Waals surface area (Å²) in [6, 6.07) is 4.67. The Morgan fingerprint density at radius 1 is 1.26 bits per heavy atom. The number of ether oxygens (including phenoxy) is 1. The van der Waals surface area contributed by atoms with Gasteiger partial charge < -0.3 is 10.5 Å². The quantitative estimate of drug-likeness (QED) is 0.872. The van der Waals surface area contributed by atoms with E-state index in [1.54, 1.807) is 0 Å². The van der Waals surface area contributed by atoms with Gasteiger partial charge in [-0.1, -0.05) is 39.8 Å². The van der Waals surface area contributed by atoms with E-state index in [4.69, 9.17) is 10.5 Å². The van der Waals surface area contributed by atoms with E-state index in [0.717, 1.165) is 25.2 Å². The smallest absolute Gasteiger partial charge is 0.125 e. The molecule has 1 rings (SSSR count). The van der Waals surface area contributed by atoms with Crippen LogP contribution in [0.3, 0.4) is 0 Å². The average molecular weight is 263 g/mol. The van der Waals surface area contributed by atoms with Gasteiger partial charge in [0.1, 0.15) is 5.75 Å². The first-order chi connectivity index (χ1) is 8.75. The molecule has 108 valence electrons. The van der Waals surface area contributed by atoms with Gasteiger partial charge in [-0.15, -0.1) is 0 Å². The third-order valence-corrected chi connectivity index (χ3v) is 3.15. The van der Waals surface area contributed by atoms with Crippen molar-refractivity contribution in [1.29, 1.82) is 0 Å². The second-order valence-corrected chi connectivity index (χ2v) is 6.57. The van der Waals surface area contributed by atoms with Crippen LogP contribution >= 0.6 is 0 Å². The van der Waals surface area contributed by atoms with Gasteiger partial charge >= 0.3 is 0 Å². The summed E-state index contributed by atoms with van der Waals surface area (Å²) in [4.78, 5) is 0. The van der Waals surface area contributed by atoms with E-state index in [0.29, 0.717) is 0 Å². The molecular formula is C17H29NO. The zero-order chi connectivity index (χ0) is 14.6. The number of benzene rings is 1. The van der Waals surface area contributed by atoms with Gasteiger partial charge in [-0.05, 0) is 43.2 Å². The molecule has 1 atom stereocenters. The van der Waals surface area contributed by atoms with E-state index in [1.165, 1.54) is 16.7 Å². The summed E-state index contributed by atoms with van der Waals surface area (Å²) in [6.07, 6.45) is 1.95. The Kier molecular flexibility index (Phi) is 5.42. The molecule has 2 N–H and O–H groups in total. The lowest BCUT2D eigenvalue weighted by molar-refractivity contribution is 0.306. The second-order valence-electron chi connectivity index (χ2n) is 6.57. The molecule has 0 radical (unpaired) electrons. The molecule has 0 aliphatic carbocycles. The maximum absolute atomic E-state index is 5.97. The highest BCUT2D eigenvalue weighted by atomic mass is 16.5. The maximum atomic E-state index is 5.97. The molecule has 0 fully saturated rings. The van der Waals surface area contributed by atoms with Crippen LogP contribution in [-0.2, 0) is 11.8 Å². The van der Waals surface area contributed by atoms with Crippen molar-refractivity contribution in [2.45, 2.75) is 65.8 Å². The fourth-order valence-electron chi connectivity index (χ4n) is 2.29. The molecule has 0 aliphatic rings. The van der Waals surface area contributed by atoms with Crippen LogP contribution in [0.1, 0.15) is 57.7 Å². The topological polar surface area (TPSA) is 35.2 Å². The SMILES string of the molecule is CCCOc1c(C)cc(CC(C)N)cc1C(C)(C)C. The lowest BCUT2D eigenvalue weighted by atomic mass is 9.83. The predicted molar refractivity (Wildman–Crippen MR) is 83.0 cm³/mol. The van der Waals surface area contributed by atoms with Gasteiger partial charge in [0.15, 0.2) is 0 Å². The molecule has 0 spiro atoms. The molecule has 0 saturated heterocycles. The van der Waals surface area contributed by atoms with Gasteiger partial charge in [0.2, 0.25) is 0 Å². The van der Waals surface area contributed by atoms with Crippen molar-refractivity contribution in [3.8, 4) is 5.75 Å². The average Bonchev–Trinajstić information content (AvgIpc) is 2.25. The minimum atomic E-state index is 0.0850. The maximum Gasteiger partial charge on any atom is 0.125 e. The highest BCUT2D eigenvalue weighted by Crippen LogP contribution is 2.35. The van der Waals surface area contributed by atoms with Crippen LogP contribution in [0.2, 0.25) is 0 Å². The normalized spacial score (nSPS) is 13.4. The van der Waals surface area contributed by atoms with Crippen molar-refractivity contribution in [2.75, 3.05) is 6.61 Å². The standard InChI is InChI=1S/C17H29NO/c1-7-8-19-16-12(2)9-14(10-13(3)18)11-15(16)17(4,5)6/h9,11,13H,7-8,10,18H2,1-6H3. The van der Waals surface area contributed by atoms with Crippen LogP contribution in [0, 0.1) is 6.92 Å². The van der Waals surface area contributed by atoms with Crippen molar-refractivity contribution >= 4 is 0 Å². The monoisotopic (exact) mass is 263 g/mol. The van der Waals surface area contributed by atoms with Crippen LogP contribution in [0.5, 0.6) is 5.75 Å². The Morgan fingerprint density at radius 2 is 1.89 bits per heavy atom. The number of hydrogen-bond donors (Lipinski definition) is 1. The fourth-order valence-corrected chi connectivity index (χ4v) is 2.29. The highest BCUT2D eigenvalue weighted by Gasteiger charge is 2.21. The summed E-state index contributed by atoms with van der Waals surface area (Å²) in [6.45, 7) is 13.8. The molecule has 1 unspecified atom stereocenters. The first-order valence-electron chi connectivity index (χ1n) is 7.28. The first kappa shape index (κ1) is 16.0. The predicted octanol–water partition coefficient (Wildman–Crippen LogP) is 3.97. The summed E-state index contributed by atoms with van der Waals surface area (Å²) in [5.74, 6) is 1.06. The number of hydrogen-bond acceptors (Lipinski definition) is 2. The minimum Gasteiger partial charge on any atom is -0.493 e. The lowest BCUT2D eigenvalue weighted by Crippen LogP contribution is -2.20. The van der Waals surface area contributed by atoms with Crippen LogP contribution in [0.25, 0.3) is 0 Å². The molecular weight excluding hydrogens is 234 g/mol. The second kappa shape index (κ2) is 6.42. The molecule has 0 aromatic heterocycles. The molecule has 0 aliphatic heterocycles. The van der Waals surface area contributed by atoms with Gasteiger partial charge in [-0.2, -0.15) is 0 Å². The summed E-state index contributed by atoms with van der Waals surface area (Å²) >= 11 is 0. The lowest BCUT2D eigenvalue weighted by Gasteiger charge is -2.25. The Labute approximate surface area is 118 Å². The molecule has 1 aromatic carbocycles. The number of nitrogens with two attached hydrogens (primary N) is 1. The number of rotatable bonds is 5. The van der Waals surface area contributed by atoms with Crippen LogP contribution in [0.15, 0.2) is 12.1 Å². The minimum absolute atomic E-state index is 0.0850. The molecule has 2 nitrogen and oxygen atoms in total. The molecule has 19 heavy (non-hydrogen) atoms. The Morgan fingerprint density at radius 3 is 2.37 bits per heavy atom. The van der Waals surface area contributed by atoms with Gasteiger partial charge in [-0.3, -0.25) is 0 Å². The summed E-state index contributed by atoms with van der Waals surface area (Å²) in [5.41, 5.74) is 9.82. The molecule has 0 amide bonds. The zero-order valence-electron chi connectivity index (χ0n) is 13.3. The largest absolute Gasteiger partial charge is 0.493 e. The third-order valence-electron chi connectivity index (χ3n) is 3.15. The summed E-state index contributed by atoms with van der Waals surface area (Å²) in [5, 5.41) is 0. The van der Waals surface area contributed by atoms with Crippen molar-refractivity contribution in [1.82, 2.24) is 0 Å². The van der Waals surface area contributed by atoms with Gasteiger partial charge in [0.05, 0.1) is 6.61 Å².